The van der Waals surface area contributed by atoms with E-state index in [4.69, 9.17) is 9.47 Å². The highest BCUT2D eigenvalue weighted by molar-refractivity contribution is 5.90. The Hall–Kier alpha value is -1.43. The third-order valence-electron chi connectivity index (χ3n) is 3.94. The lowest BCUT2D eigenvalue weighted by Gasteiger charge is -2.22. The number of rotatable bonds is 4. The van der Waals surface area contributed by atoms with Crippen LogP contribution in [0.25, 0.3) is 0 Å². The SMILES string of the molecule is O=C(CC1CCCNC1)Nc1cccc(C2OCCO2)c1. The summed E-state index contributed by atoms with van der Waals surface area (Å²) in [4.78, 5) is 12.1. The topological polar surface area (TPSA) is 59.6 Å². The number of ether oxygens (including phenoxy) is 2. The zero-order chi connectivity index (χ0) is 14.5. The van der Waals surface area contributed by atoms with E-state index in [1.165, 1.54) is 0 Å². The zero-order valence-electron chi connectivity index (χ0n) is 12.1. The summed E-state index contributed by atoms with van der Waals surface area (Å²) in [7, 11) is 0. The molecule has 1 atom stereocenters. The van der Waals surface area contributed by atoms with E-state index in [2.05, 4.69) is 10.6 Å². The number of carbonyl (C=O) groups excluding carboxylic acids is 1. The minimum atomic E-state index is -0.301. The van der Waals surface area contributed by atoms with Gasteiger partial charge in [-0.25, -0.2) is 0 Å². The number of anilines is 1. The third-order valence-corrected chi connectivity index (χ3v) is 3.94. The monoisotopic (exact) mass is 290 g/mol. The van der Waals surface area contributed by atoms with Crippen LogP contribution in [0.15, 0.2) is 24.3 Å². The van der Waals surface area contributed by atoms with Crippen LogP contribution in [0.4, 0.5) is 5.69 Å². The van der Waals surface area contributed by atoms with E-state index in [1.54, 1.807) is 0 Å². The molecule has 3 rings (SSSR count). The molecule has 0 radical (unpaired) electrons. The highest BCUT2D eigenvalue weighted by Crippen LogP contribution is 2.25. The fourth-order valence-corrected chi connectivity index (χ4v) is 2.89. The number of carbonyl (C=O) groups is 1. The van der Waals surface area contributed by atoms with Crippen molar-refractivity contribution in [2.24, 2.45) is 5.92 Å². The molecule has 2 saturated heterocycles. The van der Waals surface area contributed by atoms with Gasteiger partial charge in [0.15, 0.2) is 6.29 Å². The maximum atomic E-state index is 12.1. The highest BCUT2D eigenvalue weighted by atomic mass is 16.7. The van der Waals surface area contributed by atoms with Gasteiger partial charge in [-0.1, -0.05) is 12.1 Å². The second-order valence-electron chi connectivity index (χ2n) is 5.66. The molecule has 0 aliphatic carbocycles. The van der Waals surface area contributed by atoms with Crippen molar-refractivity contribution in [2.45, 2.75) is 25.6 Å². The first-order valence-corrected chi connectivity index (χ1v) is 7.65. The Bertz CT molecular complexity index is 480. The third kappa shape index (κ3) is 4.03. The molecule has 21 heavy (non-hydrogen) atoms. The van der Waals surface area contributed by atoms with Crippen LogP contribution in [0.5, 0.6) is 0 Å². The van der Waals surface area contributed by atoms with Gasteiger partial charge in [-0.2, -0.15) is 0 Å². The van der Waals surface area contributed by atoms with Gasteiger partial charge in [0.2, 0.25) is 5.91 Å². The summed E-state index contributed by atoms with van der Waals surface area (Å²) in [6, 6.07) is 7.69. The maximum Gasteiger partial charge on any atom is 0.224 e. The Morgan fingerprint density at radius 3 is 2.95 bits per heavy atom. The van der Waals surface area contributed by atoms with Crippen molar-refractivity contribution in [3.63, 3.8) is 0 Å². The van der Waals surface area contributed by atoms with Gasteiger partial charge in [0.25, 0.3) is 0 Å². The minimum Gasteiger partial charge on any atom is -0.346 e. The van der Waals surface area contributed by atoms with Gasteiger partial charge >= 0.3 is 0 Å². The number of benzene rings is 1. The Kier molecular flexibility index (Phi) is 4.85. The molecule has 1 unspecified atom stereocenters. The van der Waals surface area contributed by atoms with Crippen molar-refractivity contribution >= 4 is 11.6 Å². The van der Waals surface area contributed by atoms with Crippen molar-refractivity contribution in [1.82, 2.24) is 5.32 Å². The Morgan fingerprint density at radius 2 is 2.19 bits per heavy atom. The van der Waals surface area contributed by atoms with Gasteiger partial charge in [-0.3, -0.25) is 4.79 Å². The second kappa shape index (κ2) is 7.02. The minimum absolute atomic E-state index is 0.0779. The van der Waals surface area contributed by atoms with Crippen LogP contribution in [-0.4, -0.2) is 32.2 Å². The maximum absolute atomic E-state index is 12.1. The largest absolute Gasteiger partial charge is 0.346 e. The van der Waals surface area contributed by atoms with Crippen molar-refractivity contribution in [2.75, 3.05) is 31.6 Å². The molecule has 0 spiro atoms. The average Bonchev–Trinajstić information content (AvgIpc) is 3.02. The molecular formula is C16H22N2O3. The summed E-state index contributed by atoms with van der Waals surface area (Å²) in [5.41, 5.74) is 1.75. The van der Waals surface area contributed by atoms with Gasteiger partial charge in [0.05, 0.1) is 13.2 Å². The lowest BCUT2D eigenvalue weighted by Crippen LogP contribution is -2.32. The molecule has 2 fully saturated rings. The van der Waals surface area contributed by atoms with E-state index < -0.39 is 0 Å². The number of amides is 1. The Balaban J connectivity index is 1.56. The van der Waals surface area contributed by atoms with Gasteiger partial charge < -0.3 is 20.1 Å². The quantitative estimate of drug-likeness (QED) is 0.891. The molecule has 5 heteroatoms. The summed E-state index contributed by atoms with van der Waals surface area (Å²) in [6.07, 6.45) is 2.56. The standard InChI is InChI=1S/C16H22N2O3/c19-15(9-12-3-2-6-17-11-12)18-14-5-1-4-13(10-14)16-20-7-8-21-16/h1,4-5,10,12,16-17H,2-3,6-9,11H2,(H,18,19). The van der Waals surface area contributed by atoms with Gasteiger partial charge in [-0.05, 0) is 44.0 Å². The number of piperidine rings is 1. The fraction of sp³-hybridized carbons (Fsp3) is 0.562. The summed E-state index contributed by atoms with van der Waals surface area (Å²) < 4.78 is 11.0. The first kappa shape index (κ1) is 14.5. The predicted octanol–water partition coefficient (Wildman–Crippen LogP) is 2.06. The fourth-order valence-electron chi connectivity index (χ4n) is 2.89. The van der Waals surface area contributed by atoms with Crippen LogP contribution >= 0.6 is 0 Å². The summed E-state index contributed by atoms with van der Waals surface area (Å²) >= 11 is 0. The van der Waals surface area contributed by atoms with Crippen LogP contribution in [-0.2, 0) is 14.3 Å². The molecule has 0 saturated carbocycles. The van der Waals surface area contributed by atoms with E-state index in [0.717, 1.165) is 37.2 Å². The van der Waals surface area contributed by atoms with E-state index in [-0.39, 0.29) is 12.2 Å². The summed E-state index contributed by atoms with van der Waals surface area (Å²) in [5.74, 6) is 0.526. The van der Waals surface area contributed by atoms with Crippen LogP contribution in [0.2, 0.25) is 0 Å². The molecule has 5 nitrogen and oxygen atoms in total. The van der Waals surface area contributed by atoms with E-state index in [9.17, 15) is 4.79 Å². The van der Waals surface area contributed by atoms with Crippen LogP contribution in [0.1, 0.15) is 31.1 Å². The van der Waals surface area contributed by atoms with Crippen LogP contribution in [0, 0.1) is 5.92 Å². The average molecular weight is 290 g/mol. The highest BCUT2D eigenvalue weighted by Gasteiger charge is 2.19. The lowest BCUT2D eigenvalue weighted by molar-refractivity contribution is -0.117. The number of nitrogens with one attached hydrogen (secondary N) is 2. The predicted molar refractivity (Wildman–Crippen MR) is 79.9 cm³/mol. The Labute approximate surface area is 125 Å². The Morgan fingerprint density at radius 1 is 1.33 bits per heavy atom. The van der Waals surface area contributed by atoms with Crippen LogP contribution < -0.4 is 10.6 Å². The van der Waals surface area contributed by atoms with Crippen molar-refractivity contribution in [1.29, 1.82) is 0 Å². The molecule has 1 aromatic carbocycles. The number of hydrogen-bond donors (Lipinski definition) is 2. The molecule has 0 aromatic heterocycles. The van der Waals surface area contributed by atoms with Crippen molar-refractivity contribution in [3.8, 4) is 0 Å². The molecule has 2 N–H and O–H groups in total. The molecule has 114 valence electrons. The molecule has 1 aromatic rings. The van der Waals surface area contributed by atoms with Gasteiger partial charge in [0, 0.05) is 17.7 Å². The van der Waals surface area contributed by atoms with E-state index in [1.807, 2.05) is 24.3 Å². The van der Waals surface area contributed by atoms with Crippen LogP contribution in [0.3, 0.4) is 0 Å². The smallest absolute Gasteiger partial charge is 0.224 e. The first-order chi connectivity index (χ1) is 10.3. The van der Waals surface area contributed by atoms with Gasteiger partial charge in [0.1, 0.15) is 0 Å². The normalized spacial score (nSPS) is 23.1. The molecule has 2 aliphatic heterocycles. The summed E-state index contributed by atoms with van der Waals surface area (Å²) in [5, 5.41) is 6.31. The first-order valence-electron chi connectivity index (χ1n) is 7.65. The number of hydrogen-bond acceptors (Lipinski definition) is 4. The molecule has 2 aliphatic rings. The zero-order valence-corrected chi connectivity index (χ0v) is 12.1. The molecule has 1 amide bonds. The van der Waals surface area contributed by atoms with Crippen molar-refractivity contribution < 1.29 is 14.3 Å². The molecule has 0 bridgehead atoms. The molecular weight excluding hydrogens is 268 g/mol. The van der Waals surface area contributed by atoms with Crippen molar-refractivity contribution in [3.05, 3.63) is 29.8 Å². The summed E-state index contributed by atoms with van der Waals surface area (Å²) in [6.45, 7) is 3.25. The molecule has 2 heterocycles. The lowest BCUT2D eigenvalue weighted by atomic mass is 9.96. The van der Waals surface area contributed by atoms with E-state index >= 15 is 0 Å². The second-order valence-corrected chi connectivity index (χ2v) is 5.66. The van der Waals surface area contributed by atoms with Gasteiger partial charge in [-0.15, -0.1) is 0 Å². The van der Waals surface area contributed by atoms with E-state index in [0.29, 0.717) is 25.6 Å².